The highest BCUT2D eigenvalue weighted by Gasteiger charge is 2.11. The first-order chi connectivity index (χ1) is 11.8. The molecule has 24 heavy (non-hydrogen) atoms. The molecule has 0 aliphatic heterocycles. The first-order valence-corrected chi connectivity index (χ1v) is 8.69. The van der Waals surface area contributed by atoms with Crippen molar-refractivity contribution in [1.82, 2.24) is 4.57 Å². The van der Waals surface area contributed by atoms with Gasteiger partial charge in [0.15, 0.2) is 0 Å². The fraction of sp³-hybridized carbons (Fsp3) is 0. The van der Waals surface area contributed by atoms with Crippen LogP contribution >= 0.6 is 15.9 Å². The zero-order valence-corrected chi connectivity index (χ0v) is 14.6. The highest BCUT2D eigenvalue weighted by Crippen LogP contribution is 2.34. The van der Waals surface area contributed by atoms with Crippen LogP contribution in [0, 0.1) is 0 Å². The van der Waals surface area contributed by atoms with E-state index in [-0.39, 0.29) is 0 Å². The predicted octanol–water partition coefficient (Wildman–Crippen LogP) is 6.57. The lowest BCUT2D eigenvalue weighted by Crippen LogP contribution is -1.88. The number of rotatable bonds is 3. The maximum Gasteiger partial charge on any atom is 0.0461 e. The number of halogens is 1. The molecule has 0 bridgehead atoms. The summed E-state index contributed by atoms with van der Waals surface area (Å²) in [5.41, 5.74) is 6.07. The Hall–Kier alpha value is -2.58. The van der Waals surface area contributed by atoms with Crippen molar-refractivity contribution in [3.8, 4) is 27.9 Å². The molecule has 2 heteroatoms. The van der Waals surface area contributed by atoms with Gasteiger partial charge in [-0.3, -0.25) is 0 Å². The summed E-state index contributed by atoms with van der Waals surface area (Å²) >= 11 is 3.56. The molecule has 0 spiro atoms. The molecule has 0 saturated heterocycles. The van der Waals surface area contributed by atoms with Gasteiger partial charge in [-0.15, -0.1) is 0 Å². The summed E-state index contributed by atoms with van der Waals surface area (Å²) in [6.45, 7) is 0. The fourth-order valence-corrected chi connectivity index (χ4v) is 3.32. The zero-order valence-electron chi connectivity index (χ0n) is 13.1. The lowest BCUT2D eigenvalue weighted by Gasteiger charge is -2.03. The van der Waals surface area contributed by atoms with E-state index in [0.717, 1.165) is 10.2 Å². The van der Waals surface area contributed by atoms with Crippen LogP contribution in [0.25, 0.3) is 27.9 Å². The van der Waals surface area contributed by atoms with E-state index >= 15 is 0 Å². The minimum atomic E-state index is 1.08. The summed E-state index contributed by atoms with van der Waals surface area (Å²) in [4.78, 5) is 0. The van der Waals surface area contributed by atoms with Crippen LogP contribution < -0.4 is 0 Å². The third kappa shape index (κ3) is 2.93. The molecule has 0 radical (unpaired) electrons. The molecule has 4 aromatic rings. The SMILES string of the molecule is Brc1cccc(-n2cc(-c3ccccc3)c(-c3ccccc3)c2)c1. The van der Waals surface area contributed by atoms with Crippen LogP contribution in [-0.4, -0.2) is 4.57 Å². The Labute approximate surface area is 150 Å². The highest BCUT2D eigenvalue weighted by molar-refractivity contribution is 9.10. The summed E-state index contributed by atoms with van der Waals surface area (Å²) in [6.07, 6.45) is 4.42. The van der Waals surface area contributed by atoms with E-state index in [0.29, 0.717) is 0 Å². The van der Waals surface area contributed by atoms with Crippen LogP contribution in [0.4, 0.5) is 0 Å². The Bertz CT molecular complexity index is 899. The van der Waals surface area contributed by atoms with Crippen molar-refractivity contribution in [2.24, 2.45) is 0 Å². The Morgan fingerprint density at radius 1 is 0.583 bits per heavy atom. The van der Waals surface area contributed by atoms with Crippen LogP contribution in [0.15, 0.2) is 102 Å². The molecule has 0 saturated carbocycles. The normalized spacial score (nSPS) is 10.7. The second kappa shape index (κ2) is 6.50. The summed E-state index contributed by atoms with van der Waals surface area (Å²) in [7, 11) is 0. The average Bonchev–Trinajstić information content (AvgIpc) is 3.09. The van der Waals surface area contributed by atoms with Gasteiger partial charge in [0, 0.05) is 33.7 Å². The molecule has 1 heterocycles. The van der Waals surface area contributed by atoms with Crippen LogP contribution in [-0.2, 0) is 0 Å². The summed E-state index contributed by atoms with van der Waals surface area (Å²) in [5, 5.41) is 0. The molecule has 3 aromatic carbocycles. The molecular formula is C22H16BrN. The number of hydrogen-bond acceptors (Lipinski definition) is 0. The van der Waals surface area contributed by atoms with Crippen molar-refractivity contribution in [3.63, 3.8) is 0 Å². The molecule has 4 rings (SSSR count). The van der Waals surface area contributed by atoms with Crippen molar-refractivity contribution in [1.29, 1.82) is 0 Å². The highest BCUT2D eigenvalue weighted by atomic mass is 79.9. The van der Waals surface area contributed by atoms with E-state index < -0.39 is 0 Å². The van der Waals surface area contributed by atoms with Crippen LogP contribution in [0.1, 0.15) is 0 Å². The van der Waals surface area contributed by atoms with Crippen molar-refractivity contribution in [2.75, 3.05) is 0 Å². The number of nitrogens with zero attached hydrogens (tertiary/aromatic N) is 1. The standard InChI is InChI=1S/C22H16BrN/c23-19-12-7-13-20(14-19)24-15-21(17-8-3-1-4-9-17)22(16-24)18-10-5-2-6-11-18/h1-16H. The van der Waals surface area contributed by atoms with Crippen molar-refractivity contribution in [2.45, 2.75) is 0 Å². The van der Waals surface area contributed by atoms with Gasteiger partial charge in [0.1, 0.15) is 0 Å². The molecule has 0 unspecified atom stereocenters. The minimum absolute atomic E-state index is 1.08. The Morgan fingerprint density at radius 3 is 1.62 bits per heavy atom. The van der Waals surface area contributed by atoms with Gasteiger partial charge in [-0.2, -0.15) is 0 Å². The van der Waals surface area contributed by atoms with Crippen LogP contribution in [0.3, 0.4) is 0 Å². The van der Waals surface area contributed by atoms with Crippen LogP contribution in [0.5, 0.6) is 0 Å². The average molecular weight is 374 g/mol. The fourth-order valence-electron chi connectivity index (χ4n) is 2.94. The van der Waals surface area contributed by atoms with Gasteiger partial charge >= 0.3 is 0 Å². The lowest BCUT2D eigenvalue weighted by molar-refractivity contribution is 1.08. The van der Waals surface area contributed by atoms with E-state index in [4.69, 9.17) is 0 Å². The predicted molar refractivity (Wildman–Crippen MR) is 104 cm³/mol. The maximum atomic E-state index is 3.56. The van der Waals surface area contributed by atoms with Gasteiger partial charge in [0.05, 0.1) is 0 Å². The maximum absolute atomic E-state index is 3.56. The summed E-state index contributed by atoms with van der Waals surface area (Å²) in [5.74, 6) is 0. The second-order valence-electron chi connectivity index (χ2n) is 5.70. The molecular weight excluding hydrogens is 358 g/mol. The number of benzene rings is 3. The van der Waals surface area contributed by atoms with Crippen molar-refractivity contribution >= 4 is 15.9 Å². The van der Waals surface area contributed by atoms with Crippen molar-refractivity contribution < 1.29 is 0 Å². The molecule has 0 fully saturated rings. The zero-order chi connectivity index (χ0) is 16.4. The van der Waals surface area contributed by atoms with E-state index in [1.165, 1.54) is 22.3 Å². The van der Waals surface area contributed by atoms with Gasteiger partial charge in [-0.25, -0.2) is 0 Å². The second-order valence-corrected chi connectivity index (χ2v) is 6.62. The first-order valence-electron chi connectivity index (χ1n) is 7.90. The smallest absolute Gasteiger partial charge is 0.0461 e. The molecule has 0 atom stereocenters. The minimum Gasteiger partial charge on any atom is -0.323 e. The Balaban J connectivity index is 1.91. The van der Waals surface area contributed by atoms with E-state index in [9.17, 15) is 0 Å². The number of hydrogen-bond donors (Lipinski definition) is 0. The molecule has 116 valence electrons. The van der Waals surface area contributed by atoms with Crippen LogP contribution in [0.2, 0.25) is 0 Å². The van der Waals surface area contributed by atoms with E-state index in [1.54, 1.807) is 0 Å². The topological polar surface area (TPSA) is 4.93 Å². The lowest BCUT2D eigenvalue weighted by atomic mass is 9.99. The molecule has 1 nitrogen and oxygen atoms in total. The summed E-state index contributed by atoms with van der Waals surface area (Å²) in [6, 6.07) is 29.4. The molecule has 0 N–H and O–H groups in total. The van der Waals surface area contributed by atoms with Gasteiger partial charge in [0.25, 0.3) is 0 Å². The van der Waals surface area contributed by atoms with Gasteiger partial charge in [0.2, 0.25) is 0 Å². The van der Waals surface area contributed by atoms with E-state index in [2.05, 4.69) is 112 Å². The van der Waals surface area contributed by atoms with Gasteiger partial charge in [-0.05, 0) is 29.3 Å². The first kappa shape index (κ1) is 15.0. The Morgan fingerprint density at radius 2 is 1.12 bits per heavy atom. The molecule has 0 amide bonds. The third-order valence-electron chi connectivity index (χ3n) is 4.10. The van der Waals surface area contributed by atoms with E-state index in [1.807, 2.05) is 6.07 Å². The molecule has 0 aliphatic carbocycles. The van der Waals surface area contributed by atoms with Crippen molar-refractivity contribution in [3.05, 3.63) is 102 Å². The molecule has 1 aromatic heterocycles. The monoisotopic (exact) mass is 373 g/mol. The molecule has 0 aliphatic rings. The van der Waals surface area contributed by atoms with Gasteiger partial charge < -0.3 is 4.57 Å². The number of aromatic nitrogens is 1. The quantitative estimate of drug-likeness (QED) is 0.382. The third-order valence-corrected chi connectivity index (χ3v) is 4.60. The summed E-state index contributed by atoms with van der Waals surface area (Å²) < 4.78 is 3.27. The van der Waals surface area contributed by atoms with Gasteiger partial charge in [-0.1, -0.05) is 82.7 Å². The Kier molecular flexibility index (Phi) is 4.06. The largest absolute Gasteiger partial charge is 0.323 e.